The molecule has 1 aromatic heterocycles. The molecule has 0 atom stereocenters. The van der Waals surface area contributed by atoms with Crippen molar-refractivity contribution >= 4 is 12.4 Å². The molecule has 1 aliphatic heterocycles. The smallest absolute Gasteiger partial charge is 0.0996 e. The van der Waals surface area contributed by atoms with E-state index in [4.69, 9.17) is 0 Å². The molecule has 0 spiro atoms. The fraction of sp³-hybridized carbons (Fsp3) is 0.400. The van der Waals surface area contributed by atoms with Crippen molar-refractivity contribution in [2.45, 2.75) is 25.7 Å². The second kappa shape index (κ2) is 6.29. The molecule has 2 aromatic rings. The Labute approximate surface area is 125 Å². The van der Waals surface area contributed by atoms with Gasteiger partial charge in [-0.25, -0.2) is 0 Å². The van der Waals surface area contributed by atoms with Crippen LogP contribution in [-0.4, -0.2) is 28.2 Å². The number of benzene rings is 1. The number of rotatable bonds is 2. The first kappa shape index (κ1) is 14.9. The standard InChI is InChI=1S/C15H19N3O.ClH/c1-11-4-2-3-5-13(11)15-14(10-18(19)17-15)12-6-8-16-9-7-12;/h2-5,10,12,16,19H,6-9H2,1H3;1H. The lowest BCUT2D eigenvalue weighted by Crippen LogP contribution is -2.26. The number of aryl methyl sites for hydroxylation is 1. The highest BCUT2D eigenvalue weighted by Gasteiger charge is 2.22. The molecule has 0 aliphatic carbocycles. The van der Waals surface area contributed by atoms with Crippen LogP contribution in [0.15, 0.2) is 30.5 Å². The van der Waals surface area contributed by atoms with Crippen molar-refractivity contribution in [3.63, 3.8) is 0 Å². The number of nitrogens with zero attached hydrogens (tertiary/aromatic N) is 2. The van der Waals surface area contributed by atoms with Crippen molar-refractivity contribution in [2.75, 3.05) is 13.1 Å². The van der Waals surface area contributed by atoms with Gasteiger partial charge in [0.2, 0.25) is 0 Å². The molecule has 0 amide bonds. The third-order valence-corrected chi connectivity index (χ3v) is 3.91. The van der Waals surface area contributed by atoms with Gasteiger partial charge in [0.05, 0.1) is 11.9 Å². The number of halogens is 1. The lowest BCUT2D eigenvalue weighted by Gasteiger charge is -2.22. The van der Waals surface area contributed by atoms with E-state index in [1.54, 1.807) is 6.20 Å². The summed E-state index contributed by atoms with van der Waals surface area (Å²) in [6.07, 6.45) is 3.97. The molecule has 3 rings (SSSR count). The summed E-state index contributed by atoms with van der Waals surface area (Å²) in [6.45, 7) is 4.15. The van der Waals surface area contributed by atoms with Gasteiger partial charge in [-0.15, -0.1) is 22.4 Å². The lowest BCUT2D eigenvalue weighted by molar-refractivity contribution is 0.149. The SMILES string of the molecule is Cc1ccccc1-c1nn(O)cc1C1CCNCC1.Cl. The normalized spacial score (nSPS) is 15.8. The monoisotopic (exact) mass is 293 g/mol. The van der Waals surface area contributed by atoms with Crippen molar-refractivity contribution < 1.29 is 5.21 Å². The largest absolute Gasteiger partial charge is 0.412 e. The van der Waals surface area contributed by atoms with E-state index in [1.807, 2.05) is 12.1 Å². The van der Waals surface area contributed by atoms with Gasteiger partial charge in [-0.05, 0) is 44.3 Å². The highest BCUT2D eigenvalue weighted by atomic mass is 35.5. The first-order chi connectivity index (χ1) is 9.25. The van der Waals surface area contributed by atoms with Crippen molar-refractivity contribution in [1.82, 2.24) is 15.3 Å². The molecule has 2 N–H and O–H groups in total. The van der Waals surface area contributed by atoms with Gasteiger partial charge in [0, 0.05) is 11.1 Å². The average Bonchev–Trinajstić information content (AvgIpc) is 2.82. The summed E-state index contributed by atoms with van der Waals surface area (Å²) in [6, 6.07) is 8.20. The molecule has 108 valence electrons. The molecule has 1 aliphatic rings. The maximum Gasteiger partial charge on any atom is 0.0996 e. The van der Waals surface area contributed by atoms with E-state index in [0.717, 1.165) is 42.0 Å². The number of hydrogen-bond acceptors (Lipinski definition) is 3. The maximum absolute atomic E-state index is 9.71. The summed E-state index contributed by atoms with van der Waals surface area (Å²) in [7, 11) is 0. The fourth-order valence-electron chi connectivity index (χ4n) is 2.85. The zero-order chi connectivity index (χ0) is 13.2. The van der Waals surface area contributed by atoms with Crippen LogP contribution >= 0.6 is 12.4 Å². The molecule has 2 heterocycles. The van der Waals surface area contributed by atoms with Crippen molar-refractivity contribution in [3.8, 4) is 11.3 Å². The van der Waals surface area contributed by atoms with Gasteiger partial charge in [-0.3, -0.25) is 0 Å². The van der Waals surface area contributed by atoms with Gasteiger partial charge < -0.3 is 10.5 Å². The van der Waals surface area contributed by atoms with E-state index in [-0.39, 0.29) is 12.4 Å². The third kappa shape index (κ3) is 2.81. The Morgan fingerprint density at radius 3 is 2.65 bits per heavy atom. The van der Waals surface area contributed by atoms with Gasteiger partial charge >= 0.3 is 0 Å². The summed E-state index contributed by atoms with van der Waals surface area (Å²) in [5.41, 5.74) is 4.39. The van der Waals surface area contributed by atoms with E-state index in [2.05, 4.69) is 29.5 Å². The summed E-state index contributed by atoms with van der Waals surface area (Å²) in [5, 5.41) is 17.3. The quantitative estimate of drug-likeness (QED) is 0.837. The van der Waals surface area contributed by atoms with Crippen LogP contribution in [-0.2, 0) is 0 Å². The van der Waals surface area contributed by atoms with Gasteiger partial charge in [-0.2, -0.15) is 0 Å². The molecule has 1 aromatic carbocycles. The number of aromatic nitrogens is 2. The van der Waals surface area contributed by atoms with E-state index in [9.17, 15) is 5.21 Å². The molecule has 5 heteroatoms. The van der Waals surface area contributed by atoms with E-state index < -0.39 is 0 Å². The summed E-state index contributed by atoms with van der Waals surface area (Å²) in [4.78, 5) is 0.957. The first-order valence-electron chi connectivity index (χ1n) is 6.81. The molecule has 0 bridgehead atoms. The van der Waals surface area contributed by atoms with Crippen LogP contribution in [0.5, 0.6) is 0 Å². The molecular formula is C15H20ClN3O. The lowest BCUT2D eigenvalue weighted by atomic mass is 9.88. The molecule has 1 fully saturated rings. The Bertz CT molecular complexity index is 576. The van der Waals surface area contributed by atoms with Gasteiger partial charge in [0.25, 0.3) is 0 Å². The minimum absolute atomic E-state index is 0. The van der Waals surface area contributed by atoms with Gasteiger partial charge in [0.15, 0.2) is 0 Å². The topological polar surface area (TPSA) is 50.1 Å². The number of hydrogen-bond donors (Lipinski definition) is 2. The highest BCUT2D eigenvalue weighted by Crippen LogP contribution is 2.34. The summed E-state index contributed by atoms with van der Waals surface area (Å²) in [5.74, 6) is 0.483. The van der Waals surface area contributed by atoms with Gasteiger partial charge in [0.1, 0.15) is 0 Å². The van der Waals surface area contributed by atoms with Crippen molar-refractivity contribution in [3.05, 3.63) is 41.6 Å². The second-order valence-corrected chi connectivity index (χ2v) is 5.19. The van der Waals surface area contributed by atoms with Crippen LogP contribution in [0.2, 0.25) is 0 Å². The minimum Gasteiger partial charge on any atom is -0.412 e. The Morgan fingerprint density at radius 1 is 1.25 bits per heavy atom. The number of piperidine rings is 1. The number of nitrogens with one attached hydrogen (secondary N) is 1. The molecule has 0 radical (unpaired) electrons. The predicted octanol–water partition coefficient (Wildman–Crippen LogP) is 2.98. The van der Waals surface area contributed by atoms with Gasteiger partial charge in [-0.1, -0.05) is 24.3 Å². The second-order valence-electron chi connectivity index (χ2n) is 5.19. The zero-order valence-corrected chi connectivity index (χ0v) is 12.4. The summed E-state index contributed by atoms with van der Waals surface area (Å²) < 4.78 is 0. The van der Waals surface area contributed by atoms with E-state index in [0.29, 0.717) is 5.92 Å². The van der Waals surface area contributed by atoms with Crippen molar-refractivity contribution in [1.29, 1.82) is 0 Å². The fourth-order valence-corrected chi connectivity index (χ4v) is 2.85. The van der Waals surface area contributed by atoms with Crippen LogP contribution in [0.3, 0.4) is 0 Å². The van der Waals surface area contributed by atoms with Crippen LogP contribution in [0, 0.1) is 6.92 Å². The van der Waals surface area contributed by atoms with Crippen LogP contribution in [0.4, 0.5) is 0 Å². The zero-order valence-electron chi connectivity index (χ0n) is 11.5. The third-order valence-electron chi connectivity index (χ3n) is 3.91. The molecule has 20 heavy (non-hydrogen) atoms. The Kier molecular flexibility index (Phi) is 4.68. The van der Waals surface area contributed by atoms with Crippen LogP contribution in [0.1, 0.15) is 29.9 Å². The van der Waals surface area contributed by atoms with Crippen LogP contribution < -0.4 is 5.32 Å². The average molecular weight is 294 g/mol. The summed E-state index contributed by atoms with van der Waals surface area (Å²) >= 11 is 0. The van der Waals surface area contributed by atoms with E-state index in [1.165, 1.54) is 11.1 Å². The predicted molar refractivity (Wildman–Crippen MR) is 81.7 cm³/mol. The Balaban J connectivity index is 0.00000147. The van der Waals surface area contributed by atoms with E-state index >= 15 is 0 Å². The molecular weight excluding hydrogens is 274 g/mol. The molecule has 4 nitrogen and oxygen atoms in total. The minimum atomic E-state index is 0. The maximum atomic E-state index is 9.71. The van der Waals surface area contributed by atoms with Crippen LogP contribution in [0.25, 0.3) is 11.3 Å². The molecule has 0 unspecified atom stereocenters. The Morgan fingerprint density at radius 2 is 1.95 bits per heavy atom. The highest BCUT2D eigenvalue weighted by molar-refractivity contribution is 5.85. The Hall–Kier alpha value is -1.52. The first-order valence-corrected chi connectivity index (χ1v) is 6.81. The molecule has 1 saturated heterocycles. The van der Waals surface area contributed by atoms with Crippen molar-refractivity contribution in [2.24, 2.45) is 0 Å². The molecule has 0 saturated carbocycles.